The molecule has 2 fully saturated rings. The summed E-state index contributed by atoms with van der Waals surface area (Å²) in [6.45, 7) is 8.56. The molecule has 0 radical (unpaired) electrons. The summed E-state index contributed by atoms with van der Waals surface area (Å²) in [6.07, 6.45) is 7.90. The molecule has 0 bridgehead atoms. The molecule has 2 rings (SSSR count). The first-order valence-electron chi connectivity index (χ1n) is 8.45. The Kier molecular flexibility index (Phi) is 5.88. The minimum atomic E-state index is 0.0475. The highest BCUT2D eigenvalue weighted by molar-refractivity contribution is 4.93. The fourth-order valence-electron chi connectivity index (χ4n) is 3.48. The summed E-state index contributed by atoms with van der Waals surface area (Å²) in [7, 11) is 1.75. The molecule has 1 atom stereocenters. The van der Waals surface area contributed by atoms with E-state index in [0.29, 0.717) is 6.61 Å². The van der Waals surface area contributed by atoms with Crippen molar-refractivity contribution in [1.29, 1.82) is 0 Å². The van der Waals surface area contributed by atoms with Gasteiger partial charge in [0.25, 0.3) is 0 Å². The van der Waals surface area contributed by atoms with Gasteiger partial charge in [-0.2, -0.15) is 0 Å². The molecule has 1 unspecified atom stereocenters. The monoisotopic (exact) mass is 283 g/mol. The largest absolute Gasteiger partial charge is 0.382 e. The third kappa shape index (κ3) is 4.71. The van der Waals surface area contributed by atoms with Crippen LogP contribution in [0.25, 0.3) is 0 Å². The fraction of sp³-hybridized carbons (Fsp3) is 1.00. The summed E-state index contributed by atoms with van der Waals surface area (Å²) in [5.41, 5.74) is 0.0475. The molecule has 0 aliphatic heterocycles. The van der Waals surface area contributed by atoms with Crippen LogP contribution in [0.1, 0.15) is 59.3 Å². The molecule has 0 amide bonds. The Morgan fingerprint density at radius 3 is 2.25 bits per heavy atom. The lowest BCUT2D eigenvalue weighted by atomic mass is 9.74. The lowest BCUT2D eigenvalue weighted by Crippen LogP contribution is -2.49. The zero-order chi connectivity index (χ0) is 14.6. The van der Waals surface area contributed by atoms with Crippen molar-refractivity contribution in [2.24, 2.45) is 11.8 Å². The van der Waals surface area contributed by atoms with Crippen LogP contribution in [0.3, 0.4) is 0 Å². The minimum absolute atomic E-state index is 0.0475. The highest BCUT2D eigenvalue weighted by Gasteiger charge is 2.39. The van der Waals surface area contributed by atoms with E-state index in [-0.39, 0.29) is 11.7 Å². The first-order chi connectivity index (χ1) is 9.54. The van der Waals surface area contributed by atoms with Crippen LogP contribution in [0, 0.1) is 11.8 Å². The zero-order valence-electron chi connectivity index (χ0n) is 13.8. The summed E-state index contributed by atoms with van der Waals surface area (Å²) >= 11 is 0. The van der Waals surface area contributed by atoms with Gasteiger partial charge in [-0.1, -0.05) is 13.8 Å². The summed E-state index contributed by atoms with van der Waals surface area (Å²) < 4.78 is 11.7. The Labute approximate surface area is 124 Å². The van der Waals surface area contributed by atoms with E-state index in [0.717, 1.165) is 24.4 Å². The van der Waals surface area contributed by atoms with Crippen LogP contribution in [0.5, 0.6) is 0 Å². The highest BCUT2D eigenvalue weighted by atomic mass is 16.5. The highest BCUT2D eigenvalue weighted by Crippen LogP contribution is 2.39. The van der Waals surface area contributed by atoms with Crippen molar-refractivity contribution < 1.29 is 9.47 Å². The lowest BCUT2D eigenvalue weighted by molar-refractivity contribution is -0.129. The summed E-state index contributed by atoms with van der Waals surface area (Å²) in [4.78, 5) is 0. The van der Waals surface area contributed by atoms with Gasteiger partial charge in [0.2, 0.25) is 0 Å². The maximum absolute atomic E-state index is 6.44. The van der Waals surface area contributed by atoms with E-state index in [4.69, 9.17) is 9.47 Å². The van der Waals surface area contributed by atoms with Crippen molar-refractivity contribution in [3.8, 4) is 0 Å². The molecule has 0 aromatic rings. The van der Waals surface area contributed by atoms with Gasteiger partial charge in [-0.15, -0.1) is 0 Å². The number of methoxy groups -OCH3 is 1. The van der Waals surface area contributed by atoms with E-state index >= 15 is 0 Å². The Balaban J connectivity index is 1.89. The van der Waals surface area contributed by atoms with Gasteiger partial charge in [-0.3, -0.25) is 0 Å². The number of nitrogens with one attached hydrogen (secondary N) is 1. The Morgan fingerprint density at radius 1 is 1.10 bits per heavy atom. The summed E-state index contributed by atoms with van der Waals surface area (Å²) in [5.74, 6) is 1.69. The standard InChI is InChI=1S/C17H33NO2/c1-13(2)15-7-9-17(10-8-15,12-18-16-5-6-16)20-14(3)11-19-4/h13-16,18H,5-12H2,1-4H3. The SMILES string of the molecule is COCC(C)OC1(CNC2CC2)CCC(C(C)C)CC1. The van der Waals surface area contributed by atoms with E-state index in [9.17, 15) is 0 Å². The topological polar surface area (TPSA) is 30.5 Å². The molecule has 2 aliphatic rings. The minimum Gasteiger partial charge on any atom is -0.382 e. The van der Waals surface area contributed by atoms with Gasteiger partial charge in [0, 0.05) is 19.7 Å². The molecule has 0 saturated heterocycles. The van der Waals surface area contributed by atoms with E-state index in [1.54, 1.807) is 7.11 Å². The lowest BCUT2D eigenvalue weighted by Gasteiger charge is -2.43. The Bertz CT molecular complexity index is 281. The quantitative estimate of drug-likeness (QED) is 0.741. The molecule has 20 heavy (non-hydrogen) atoms. The maximum atomic E-state index is 6.44. The van der Waals surface area contributed by atoms with Crippen molar-refractivity contribution >= 4 is 0 Å². The summed E-state index contributed by atoms with van der Waals surface area (Å²) in [6, 6.07) is 0.760. The molecule has 0 spiro atoms. The van der Waals surface area contributed by atoms with Crippen LogP contribution in [-0.4, -0.2) is 38.0 Å². The van der Waals surface area contributed by atoms with Crippen molar-refractivity contribution in [3.05, 3.63) is 0 Å². The molecule has 0 aromatic heterocycles. The second kappa shape index (κ2) is 7.24. The smallest absolute Gasteiger partial charge is 0.0811 e. The third-order valence-electron chi connectivity index (χ3n) is 5.03. The van der Waals surface area contributed by atoms with Gasteiger partial charge >= 0.3 is 0 Å². The van der Waals surface area contributed by atoms with Gasteiger partial charge in [-0.25, -0.2) is 0 Å². The van der Waals surface area contributed by atoms with Gasteiger partial charge in [0.05, 0.1) is 18.3 Å². The molecule has 2 saturated carbocycles. The van der Waals surface area contributed by atoms with Gasteiger partial charge < -0.3 is 14.8 Å². The molecule has 2 aliphatic carbocycles. The van der Waals surface area contributed by atoms with Gasteiger partial charge in [0.15, 0.2) is 0 Å². The van der Waals surface area contributed by atoms with E-state index < -0.39 is 0 Å². The molecular formula is C17H33NO2. The molecule has 0 heterocycles. The van der Waals surface area contributed by atoms with Gasteiger partial charge in [0.1, 0.15) is 0 Å². The van der Waals surface area contributed by atoms with Crippen LogP contribution in [-0.2, 0) is 9.47 Å². The van der Waals surface area contributed by atoms with Crippen LogP contribution in [0.4, 0.5) is 0 Å². The Morgan fingerprint density at radius 2 is 1.75 bits per heavy atom. The first kappa shape index (κ1) is 16.3. The van der Waals surface area contributed by atoms with Crippen molar-refractivity contribution in [2.75, 3.05) is 20.3 Å². The van der Waals surface area contributed by atoms with Crippen LogP contribution in [0.2, 0.25) is 0 Å². The number of hydrogen-bond donors (Lipinski definition) is 1. The third-order valence-corrected chi connectivity index (χ3v) is 5.03. The first-order valence-corrected chi connectivity index (χ1v) is 8.45. The molecular weight excluding hydrogens is 250 g/mol. The van der Waals surface area contributed by atoms with Crippen LogP contribution >= 0.6 is 0 Å². The number of ether oxygens (including phenoxy) is 2. The van der Waals surface area contributed by atoms with E-state index in [1.165, 1.54) is 38.5 Å². The molecule has 3 nitrogen and oxygen atoms in total. The van der Waals surface area contributed by atoms with Crippen molar-refractivity contribution in [1.82, 2.24) is 5.32 Å². The normalized spacial score (nSPS) is 32.5. The van der Waals surface area contributed by atoms with Gasteiger partial charge in [-0.05, 0) is 57.3 Å². The average Bonchev–Trinajstić information content (AvgIpc) is 3.21. The summed E-state index contributed by atoms with van der Waals surface area (Å²) in [5, 5.41) is 3.69. The van der Waals surface area contributed by atoms with Crippen molar-refractivity contribution in [2.45, 2.75) is 77.0 Å². The van der Waals surface area contributed by atoms with E-state index in [1.807, 2.05) is 0 Å². The van der Waals surface area contributed by atoms with Crippen LogP contribution in [0.15, 0.2) is 0 Å². The molecule has 3 heteroatoms. The molecule has 118 valence electrons. The fourth-order valence-corrected chi connectivity index (χ4v) is 3.48. The van der Waals surface area contributed by atoms with Crippen LogP contribution < -0.4 is 5.32 Å². The molecule has 1 N–H and O–H groups in total. The predicted molar refractivity (Wildman–Crippen MR) is 83.0 cm³/mol. The molecule has 0 aromatic carbocycles. The maximum Gasteiger partial charge on any atom is 0.0811 e. The average molecular weight is 283 g/mol. The Hall–Kier alpha value is -0.120. The number of rotatable bonds is 8. The number of hydrogen-bond acceptors (Lipinski definition) is 3. The van der Waals surface area contributed by atoms with E-state index in [2.05, 4.69) is 26.1 Å². The zero-order valence-corrected chi connectivity index (χ0v) is 13.8. The predicted octanol–water partition coefficient (Wildman–Crippen LogP) is 3.37. The second-order valence-corrected chi connectivity index (χ2v) is 7.30. The second-order valence-electron chi connectivity index (χ2n) is 7.30. The van der Waals surface area contributed by atoms with Crippen molar-refractivity contribution in [3.63, 3.8) is 0 Å².